The average molecular weight is 297 g/mol. The lowest BCUT2D eigenvalue weighted by Gasteiger charge is -2.03. The summed E-state index contributed by atoms with van der Waals surface area (Å²) in [5.41, 5.74) is 5.82. The molecule has 0 bridgehead atoms. The Morgan fingerprint density at radius 1 is 1.58 bits per heavy atom. The first-order valence-electron chi connectivity index (χ1n) is 3.01. The van der Waals surface area contributed by atoms with Gasteiger partial charge in [-0.05, 0) is 34.7 Å². The number of nitrogens with two attached hydrogens (primary N) is 1. The number of aromatic carboxylic acids is 1. The molecule has 0 saturated heterocycles. The van der Waals surface area contributed by atoms with E-state index >= 15 is 0 Å². The number of carbonyl (C=O) groups is 1. The lowest BCUT2D eigenvalue weighted by molar-refractivity contribution is 0.0698. The van der Waals surface area contributed by atoms with Gasteiger partial charge < -0.3 is 10.8 Å². The largest absolute Gasteiger partial charge is 0.478 e. The van der Waals surface area contributed by atoms with Crippen molar-refractivity contribution in [2.24, 2.45) is 0 Å². The van der Waals surface area contributed by atoms with Crippen molar-refractivity contribution in [3.05, 3.63) is 26.3 Å². The summed E-state index contributed by atoms with van der Waals surface area (Å²) < 4.78 is 0.578. The van der Waals surface area contributed by atoms with Crippen LogP contribution in [0, 0.1) is 3.57 Å². The van der Waals surface area contributed by atoms with E-state index in [1.807, 2.05) is 22.6 Å². The molecule has 0 radical (unpaired) electrons. The van der Waals surface area contributed by atoms with E-state index in [1.54, 1.807) is 0 Å². The Morgan fingerprint density at radius 2 is 2.17 bits per heavy atom. The quantitative estimate of drug-likeness (QED) is 0.617. The summed E-state index contributed by atoms with van der Waals surface area (Å²) in [7, 11) is 0. The number of nitrogen functional groups attached to an aromatic ring is 1. The van der Waals surface area contributed by atoms with Crippen molar-refractivity contribution in [2.75, 3.05) is 5.73 Å². The SMILES string of the molecule is Nc1c(C(=O)O)ccc(Cl)c1I. The third kappa shape index (κ3) is 1.64. The van der Waals surface area contributed by atoms with Crippen molar-refractivity contribution in [2.45, 2.75) is 0 Å². The highest BCUT2D eigenvalue weighted by Gasteiger charge is 2.11. The van der Waals surface area contributed by atoms with Crippen LogP contribution < -0.4 is 5.73 Å². The van der Waals surface area contributed by atoms with E-state index < -0.39 is 5.97 Å². The molecule has 0 spiro atoms. The van der Waals surface area contributed by atoms with Crippen LogP contribution in [-0.2, 0) is 0 Å². The van der Waals surface area contributed by atoms with E-state index in [2.05, 4.69) is 0 Å². The van der Waals surface area contributed by atoms with Crippen molar-refractivity contribution in [1.82, 2.24) is 0 Å². The molecule has 0 aliphatic carbocycles. The number of anilines is 1. The topological polar surface area (TPSA) is 63.3 Å². The zero-order valence-electron chi connectivity index (χ0n) is 5.84. The summed E-state index contributed by atoms with van der Waals surface area (Å²) in [4.78, 5) is 10.6. The first-order chi connectivity index (χ1) is 5.54. The van der Waals surface area contributed by atoms with Gasteiger partial charge >= 0.3 is 5.97 Å². The molecule has 64 valence electrons. The maximum atomic E-state index is 10.6. The van der Waals surface area contributed by atoms with Gasteiger partial charge in [-0.25, -0.2) is 4.79 Å². The van der Waals surface area contributed by atoms with Crippen molar-refractivity contribution in [3.63, 3.8) is 0 Å². The van der Waals surface area contributed by atoms with Gasteiger partial charge in [0.25, 0.3) is 0 Å². The maximum absolute atomic E-state index is 10.6. The summed E-state index contributed by atoms with van der Waals surface area (Å²) in [6, 6.07) is 2.91. The van der Waals surface area contributed by atoms with E-state index in [4.69, 9.17) is 22.4 Å². The highest BCUT2D eigenvalue weighted by Crippen LogP contribution is 2.27. The number of benzene rings is 1. The number of hydrogen-bond donors (Lipinski definition) is 2. The van der Waals surface area contributed by atoms with Gasteiger partial charge in [0.1, 0.15) is 0 Å². The third-order valence-electron chi connectivity index (χ3n) is 1.36. The second-order valence-electron chi connectivity index (χ2n) is 2.13. The van der Waals surface area contributed by atoms with Gasteiger partial charge in [0.15, 0.2) is 0 Å². The zero-order valence-corrected chi connectivity index (χ0v) is 8.76. The molecule has 0 unspecified atom stereocenters. The number of carboxylic acids is 1. The molecule has 1 rings (SSSR count). The van der Waals surface area contributed by atoms with Crippen LogP contribution in [0.15, 0.2) is 12.1 Å². The van der Waals surface area contributed by atoms with Crippen LogP contribution in [0.3, 0.4) is 0 Å². The summed E-state index contributed by atoms with van der Waals surface area (Å²) in [5, 5.41) is 9.13. The molecule has 0 heterocycles. The second kappa shape index (κ2) is 3.49. The zero-order chi connectivity index (χ0) is 9.30. The minimum absolute atomic E-state index is 0.0869. The Bertz CT molecular complexity index is 340. The van der Waals surface area contributed by atoms with Gasteiger partial charge in [-0.2, -0.15) is 0 Å². The molecular formula is C7H5ClINO2. The highest BCUT2D eigenvalue weighted by molar-refractivity contribution is 14.1. The number of rotatable bonds is 1. The van der Waals surface area contributed by atoms with E-state index in [1.165, 1.54) is 12.1 Å². The second-order valence-corrected chi connectivity index (χ2v) is 3.61. The van der Waals surface area contributed by atoms with E-state index in [0.717, 1.165) is 0 Å². The van der Waals surface area contributed by atoms with Gasteiger partial charge in [-0.3, -0.25) is 0 Å². The molecule has 1 aromatic carbocycles. The molecule has 5 heteroatoms. The van der Waals surface area contributed by atoms with Crippen molar-refractivity contribution in [1.29, 1.82) is 0 Å². The fraction of sp³-hybridized carbons (Fsp3) is 0. The molecule has 0 saturated carbocycles. The van der Waals surface area contributed by atoms with Crippen LogP contribution in [0.4, 0.5) is 5.69 Å². The highest BCUT2D eigenvalue weighted by atomic mass is 127. The monoisotopic (exact) mass is 297 g/mol. The van der Waals surface area contributed by atoms with Crippen LogP contribution in [0.5, 0.6) is 0 Å². The molecule has 0 aromatic heterocycles. The van der Waals surface area contributed by atoms with Gasteiger partial charge in [0.2, 0.25) is 0 Å². The Labute approximate surface area is 87.7 Å². The van der Waals surface area contributed by atoms with Gasteiger partial charge in [-0.15, -0.1) is 0 Å². The van der Waals surface area contributed by atoms with Gasteiger partial charge in [0.05, 0.1) is 19.8 Å². The Kier molecular flexibility index (Phi) is 2.79. The summed E-state index contributed by atoms with van der Waals surface area (Å²) >= 11 is 7.62. The fourth-order valence-corrected chi connectivity index (χ4v) is 1.39. The predicted octanol–water partition coefficient (Wildman–Crippen LogP) is 2.23. The first-order valence-corrected chi connectivity index (χ1v) is 4.46. The maximum Gasteiger partial charge on any atom is 0.337 e. The van der Waals surface area contributed by atoms with Crippen molar-refractivity contribution >= 4 is 45.8 Å². The van der Waals surface area contributed by atoms with Crippen LogP contribution in [0.25, 0.3) is 0 Å². The number of carboxylic acid groups (broad SMARTS) is 1. The van der Waals surface area contributed by atoms with Gasteiger partial charge in [0, 0.05) is 0 Å². The van der Waals surface area contributed by atoms with Crippen LogP contribution in [0.1, 0.15) is 10.4 Å². The minimum atomic E-state index is -1.04. The summed E-state index contributed by atoms with van der Waals surface area (Å²) in [6.07, 6.45) is 0. The lowest BCUT2D eigenvalue weighted by Crippen LogP contribution is -2.03. The summed E-state index contributed by atoms with van der Waals surface area (Å²) in [5.74, 6) is -1.04. The van der Waals surface area contributed by atoms with E-state index in [9.17, 15) is 4.79 Å². The molecule has 0 atom stereocenters. The Morgan fingerprint density at radius 3 is 2.67 bits per heavy atom. The lowest BCUT2D eigenvalue weighted by atomic mass is 10.2. The summed E-state index contributed by atoms with van der Waals surface area (Å²) in [6.45, 7) is 0. The third-order valence-corrected chi connectivity index (χ3v) is 3.16. The van der Waals surface area contributed by atoms with Gasteiger partial charge in [-0.1, -0.05) is 11.6 Å². The van der Waals surface area contributed by atoms with Crippen LogP contribution in [0.2, 0.25) is 5.02 Å². The van der Waals surface area contributed by atoms with Crippen molar-refractivity contribution in [3.8, 4) is 0 Å². The minimum Gasteiger partial charge on any atom is -0.478 e. The van der Waals surface area contributed by atoms with Crippen molar-refractivity contribution < 1.29 is 9.90 Å². The molecular weight excluding hydrogens is 292 g/mol. The fourth-order valence-electron chi connectivity index (χ4n) is 0.753. The number of halogens is 2. The molecule has 0 aliphatic heterocycles. The molecule has 0 aliphatic rings. The smallest absolute Gasteiger partial charge is 0.337 e. The molecule has 12 heavy (non-hydrogen) atoms. The Balaban J connectivity index is 3.36. The standard InChI is InChI=1S/C7H5ClINO2/c8-4-2-1-3(7(11)12)6(10)5(4)9/h1-2H,10H2,(H,11,12). The predicted molar refractivity (Wildman–Crippen MR) is 55.5 cm³/mol. The normalized spacial score (nSPS) is 9.83. The van der Waals surface area contributed by atoms with E-state index in [-0.39, 0.29) is 11.3 Å². The van der Waals surface area contributed by atoms with Crippen LogP contribution in [-0.4, -0.2) is 11.1 Å². The van der Waals surface area contributed by atoms with Crippen LogP contribution >= 0.6 is 34.2 Å². The molecule has 3 N–H and O–H groups in total. The average Bonchev–Trinajstić information content (AvgIpc) is 2.00. The molecule has 1 aromatic rings. The molecule has 0 amide bonds. The molecule has 0 fully saturated rings. The first kappa shape index (κ1) is 9.60. The molecule has 3 nitrogen and oxygen atoms in total. The van der Waals surface area contributed by atoms with E-state index in [0.29, 0.717) is 8.59 Å². The Hall–Kier alpha value is -0.490. The number of hydrogen-bond acceptors (Lipinski definition) is 2.